The fourth-order valence-electron chi connectivity index (χ4n) is 1.91. The van der Waals surface area contributed by atoms with E-state index in [4.69, 9.17) is 0 Å². The first kappa shape index (κ1) is 14.9. The first-order chi connectivity index (χ1) is 8.65. The van der Waals surface area contributed by atoms with Crippen LogP contribution in [0.1, 0.15) is 49.0 Å². The molecule has 0 spiro atoms. The van der Waals surface area contributed by atoms with Crippen molar-refractivity contribution < 1.29 is 4.79 Å². The molecule has 0 bridgehead atoms. The predicted molar refractivity (Wildman–Crippen MR) is 77.1 cm³/mol. The van der Waals surface area contributed by atoms with Crippen molar-refractivity contribution in [3.63, 3.8) is 0 Å². The van der Waals surface area contributed by atoms with Crippen LogP contribution < -0.4 is 5.32 Å². The number of carbonyl (C=O) groups excluding carboxylic acids is 1. The minimum atomic E-state index is 0.0503. The number of nitrogens with one attached hydrogen (secondary N) is 1. The topological polar surface area (TPSA) is 29.1 Å². The Balaban J connectivity index is 2.34. The van der Waals surface area contributed by atoms with Crippen LogP contribution in [0.5, 0.6) is 0 Å². The Morgan fingerprint density at radius 3 is 2.50 bits per heavy atom. The summed E-state index contributed by atoms with van der Waals surface area (Å²) >= 11 is 0. The molecule has 0 saturated carbocycles. The minimum Gasteiger partial charge on any atom is -0.316 e. The first-order valence-corrected chi connectivity index (χ1v) is 6.96. The Bertz CT molecular complexity index is 356. The summed E-state index contributed by atoms with van der Waals surface area (Å²) in [6.45, 7) is 8.02. The van der Waals surface area contributed by atoms with Gasteiger partial charge >= 0.3 is 0 Å². The van der Waals surface area contributed by atoms with Gasteiger partial charge in [0.1, 0.15) is 0 Å². The fourth-order valence-corrected chi connectivity index (χ4v) is 1.91. The van der Waals surface area contributed by atoms with Gasteiger partial charge < -0.3 is 5.32 Å². The molecular weight excluding hydrogens is 222 g/mol. The van der Waals surface area contributed by atoms with E-state index in [1.807, 2.05) is 38.1 Å². The molecule has 0 saturated heterocycles. The summed E-state index contributed by atoms with van der Waals surface area (Å²) in [6.07, 6.45) is 3.69. The lowest BCUT2D eigenvalue weighted by atomic mass is 9.98. The Hall–Kier alpha value is -1.15. The molecule has 0 aromatic heterocycles. The molecule has 0 fully saturated rings. The maximum atomic E-state index is 12.1. The van der Waals surface area contributed by atoms with E-state index in [-0.39, 0.29) is 11.7 Å². The Kier molecular flexibility index (Phi) is 6.66. The van der Waals surface area contributed by atoms with E-state index in [1.165, 1.54) is 24.8 Å². The number of ketones is 1. The third-order valence-electron chi connectivity index (χ3n) is 3.19. The van der Waals surface area contributed by atoms with Crippen LogP contribution in [-0.2, 0) is 0 Å². The average molecular weight is 247 g/mol. The monoisotopic (exact) mass is 247 g/mol. The summed E-state index contributed by atoms with van der Waals surface area (Å²) in [5, 5.41) is 3.36. The molecule has 0 heterocycles. The smallest absolute Gasteiger partial charge is 0.166 e. The molecule has 0 radical (unpaired) electrons. The van der Waals surface area contributed by atoms with E-state index >= 15 is 0 Å². The van der Waals surface area contributed by atoms with Crippen molar-refractivity contribution in [3.05, 3.63) is 35.4 Å². The van der Waals surface area contributed by atoms with Gasteiger partial charge in [-0.15, -0.1) is 0 Å². The number of aryl methyl sites for hydroxylation is 1. The second kappa shape index (κ2) is 8.04. The van der Waals surface area contributed by atoms with Gasteiger partial charge in [0.25, 0.3) is 0 Å². The van der Waals surface area contributed by atoms with Crippen LogP contribution in [0.25, 0.3) is 0 Å². The highest BCUT2D eigenvalue weighted by Crippen LogP contribution is 2.09. The third kappa shape index (κ3) is 5.01. The van der Waals surface area contributed by atoms with Crippen LogP contribution in [0, 0.1) is 12.8 Å². The molecule has 100 valence electrons. The summed E-state index contributed by atoms with van der Waals surface area (Å²) in [6, 6.07) is 7.83. The molecule has 1 aromatic carbocycles. The standard InChI is InChI=1S/C16H25NO/c1-4-5-6-11-17-12-14(3)16(18)15-9-7-13(2)8-10-15/h7-10,14,17H,4-6,11-12H2,1-3H3. The molecule has 1 aromatic rings. The molecule has 0 aliphatic heterocycles. The van der Waals surface area contributed by atoms with Crippen molar-refractivity contribution >= 4 is 5.78 Å². The molecular formula is C16H25NO. The third-order valence-corrected chi connectivity index (χ3v) is 3.19. The van der Waals surface area contributed by atoms with Crippen LogP contribution in [0.15, 0.2) is 24.3 Å². The highest BCUT2D eigenvalue weighted by Gasteiger charge is 2.14. The van der Waals surface area contributed by atoms with Gasteiger partial charge in [-0.1, -0.05) is 56.5 Å². The lowest BCUT2D eigenvalue weighted by molar-refractivity contribution is 0.0929. The number of Topliss-reactive ketones (excluding diaryl/α,β-unsaturated/α-hetero) is 1. The van der Waals surface area contributed by atoms with E-state index < -0.39 is 0 Å². The number of unbranched alkanes of at least 4 members (excludes halogenated alkanes) is 2. The van der Waals surface area contributed by atoms with Crippen molar-refractivity contribution in [1.29, 1.82) is 0 Å². The summed E-state index contributed by atoms with van der Waals surface area (Å²) < 4.78 is 0. The molecule has 0 aliphatic carbocycles. The number of carbonyl (C=O) groups is 1. The number of benzene rings is 1. The van der Waals surface area contributed by atoms with Gasteiger partial charge in [0.05, 0.1) is 0 Å². The molecule has 18 heavy (non-hydrogen) atoms. The summed E-state index contributed by atoms with van der Waals surface area (Å²) in [7, 11) is 0. The van der Waals surface area contributed by atoms with Crippen LogP contribution in [0.4, 0.5) is 0 Å². The zero-order valence-corrected chi connectivity index (χ0v) is 11.8. The number of rotatable bonds is 8. The van der Waals surface area contributed by atoms with Gasteiger partial charge in [-0.05, 0) is 19.9 Å². The predicted octanol–water partition coefficient (Wildman–Crippen LogP) is 3.59. The summed E-state index contributed by atoms with van der Waals surface area (Å²) in [5.74, 6) is 0.285. The highest BCUT2D eigenvalue weighted by atomic mass is 16.1. The van der Waals surface area contributed by atoms with Gasteiger partial charge in [0, 0.05) is 18.0 Å². The van der Waals surface area contributed by atoms with E-state index in [9.17, 15) is 4.79 Å². The fraction of sp³-hybridized carbons (Fsp3) is 0.562. The minimum absolute atomic E-state index is 0.0503. The van der Waals surface area contributed by atoms with E-state index in [2.05, 4.69) is 12.2 Å². The van der Waals surface area contributed by atoms with Gasteiger partial charge in [0.15, 0.2) is 5.78 Å². The van der Waals surface area contributed by atoms with Crippen LogP contribution in [0.3, 0.4) is 0 Å². The van der Waals surface area contributed by atoms with Crippen LogP contribution in [0.2, 0.25) is 0 Å². The first-order valence-electron chi connectivity index (χ1n) is 6.96. The van der Waals surface area contributed by atoms with E-state index in [1.54, 1.807) is 0 Å². The lowest BCUT2D eigenvalue weighted by Gasteiger charge is -2.12. The van der Waals surface area contributed by atoms with Crippen molar-refractivity contribution in [3.8, 4) is 0 Å². The van der Waals surface area contributed by atoms with Crippen molar-refractivity contribution in [1.82, 2.24) is 5.32 Å². The lowest BCUT2D eigenvalue weighted by Crippen LogP contribution is -2.27. The largest absolute Gasteiger partial charge is 0.316 e. The van der Waals surface area contributed by atoms with Gasteiger partial charge in [0.2, 0.25) is 0 Å². The van der Waals surface area contributed by atoms with Gasteiger partial charge in [-0.25, -0.2) is 0 Å². The maximum Gasteiger partial charge on any atom is 0.166 e. The molecule has 1 N–H and O–H groups in total. The molecule has 0 amide bonds. The maximum absolute atomic E-state index is 12.1. The molecule has 0 aliphatic rings. The SMILES string of the molecule is CCCCCNCC(C)C(=O)c1ccc(C)cc1. The van der Waals surface area contributed by atoms with Crippen molar-refractivity contribution in [2.24, 2.45) is 5.92 Å². The summed E-state index contributed by atoms with van der Waals surface area (Å²) in [4.78, 5) is 12.1. The van der Waals surface area contributed by atoms with Gasteiger partial charge in [-0.2, -0.15) is 0 Å². The Morgan fingerprint density at radius 1 is 1.22 bits per heavy atom. The normalized spacial score (nSPS) is 12.4. The zero-order chi connectivity index (χ0) is 13.4. The highest BCUT2D eigenvalue weighted by molar-refractivity contribution is 5.97. The molecule has 1 atom stereocenters. The van der Waals surface area contributed by atoms with E-state index in [0.29, 0.717) is 0 Å². The number of hydrogen-bond donors (Lipinski definition) is 1. The second-order valence-electron chi connectivity index (χ2n) is 5.04. The Labute approximate surface area is 111 Å². The van der Waals surface area contributed by atoms with Crippen LogP contribution >= 0.6 is 0 Å². The van der Waals surface area contributed by atoms with E-state index in [0.717, 1.165) is 18.7 Å². The van der Waals surface area contributed by atoms with Gasteiger partial charge in [-0.3, -0.25) is 4.79 Å². The molecule has 2 heteroatoms. The average Bonchev–Trinajstić information content (AvgIpc) is 2.38. The zero-order valence-electron chi connectivity index (χ0n) is 11.8. The quantitative estimate of drug-likeness (QED) is 0.562. The molecule has 1 rings (SSSR count). The molecule has 2 nitrogen and oxygen atoms in total. The van der Waals surface area contributed by atoms with Crippen molar-refractivity contribution in [2.75, 3.05) is 13.1 Å². The summed E-state index contributed by atoms with van der Waals surface area (Å²) in [5.41, 5.74) is 2.01. The Morgan fingerprint density at radius 2 is 1.89 bits per heavy atom. The van der Waals surface area contributed by atoms with Crippen molar-refractivity contribution in [2.45, 2.75) is 40.0 Å². The second-order valence-corrected chi connectivity index (χ2v) is 5.04. The molecule has 1 unspecified atom stereocenters. The van der Waals surface area contributed by atoms with Crippen LogP contribution in [-0.4, -0.2) is 18.9 Å². The number of hydrogen-bond acceptors (Lipinski definition) is 2.